The van der Waals surface area contributed by atoms with E-state index in [2.05, 4.69) is 0 Å². The summed E-state index contributed by atoms with van der Waals surface area (Å²) < 4.78 is 27.0. The Hall–Kier alpha value is -1.86. The number of nitrogens with zero attached hydrogens (tertiary/aromatic N) is 1. The third kappa shape index (κ3) is 2.32. The highest BCUT2D eigenvalue weighted by Crippen LogP contribution is 2.34. The largest absolute Gasteiger partial charge is 0.478 e. The van der Waals surface area contributed by atoms with Crippen LogP contribution < -0.4 is 4.31 Å². The van der Waals surface area contributed by atoms with Crippen LogP contribution in [0, 0.1) is 0 Å². The number of aromatic carboxylic acids is 1. The van der Waals surface area contributed by atoms with Gasteiger partial charge in [-0.1, -0.05) is 12.1 Å². The van der Waals surface area contributed by atoms with Crippen molar-refractivity contribution in [3.05, 3.63) is 46.8 Å². The van der Waals surface area contributed by atoms with Crippen molar-refractivity contribution in [1.29, 1.82) is 0 Å². The highest BCUT2D eigenvalue weighted by Gasteiger charge is 2.31. The second kappa shape index (κ2) is 5.16. The molecule has 0 spiro atoms. The zero-order valence-corrected chi connectivity index (χ0v) is 12.7. The smallest absolute Gasteiger partial charge is 0.336 e. The minimum atomic E-state index is -3.62. The van der Waals surface area contributed by atoms with Crippen LogP contribution >= 0.6 is 11.3 Å². The first-order valence-electron chi connectivity index (χ1n) is 6.43. The summed E-state index contributed by atoms with van der Waals surface area (Å²) in [7, 11) is -3.62. The predicted octanol–water partition coefficient (Wildman–Crippen LogP) is 2.59. The Labute approximate surface area is 126 Å². The van der Waals surface area contributed by atoms with Gasteiger partial charge in [0.15, 0.2) is 0 Å². The maximum absolute atomic E-state index is 12.7. The van der Waals surface area contributed by atoms with Gasteiger partial charge < -0.3 is 5.11 Å². The molecule has 0 fully saturated rings. The first-order chi connectivity index (χ1) is 10.0. The molecule has 1 aliphatic heterocycles. The van der Waals surface area contributed by atoms with Crippen molar-refractivity contribution in [2.75, 3.05) is 10.8 Å². The Morgan fingerprint density at radius 1 is 1.24 bits per heavy atom. The van der Waals surface area contributed by atoms with Crippen LogP contribution in [0.1, 0.15) is 22.3 Å². The van der Waals surface area contributed by atoms with Crippen molar-refractivity contribution in [1.82, 2.24) is 0 Å². The molecule has 7 heteroatoms. The normalized spacial score (nSPS) is 14.8. The molecule has 0 saturated heterocycles. The number of benzene rings is 1. The topological polar surface area (TPSA) is 74.7 Å². The van der Waals surface area contributed by atoms with E-state index in [4.69, 9.17) is 0 Å². The Balaban J connectivity index is 2.14. The average Bonchev–Trinajstić information content (AvgIpc) is 3.00. The van der Waals surface area contributed by atoms with E-state index in [1.54, 1.807) is 29.6 Å². The second-order valence-corrected chi connectivity index (χ2v) is 7.76. The van der Waals surface area contributed by atoms with Gasteiger partial charge in [-0.05, 0) is 42.0 Å². The molecule has 3 rings (SSSR count). The van der Waals surface area contributed by atoms with Crippen molar-refractivity contribution < 1.29 is 18.3 Å². The molecule has 5 nitrogen and oxygen atoms in total. The number of fused-ring (bicyclic) bond motifs is 1. The van der Waals surface area contributed by atoms with E-state index >= 15 is 0 Å². The number of carbonyl (C=O) groups is 1. The van der Waals surface area contributed by atoms with E-state index in [-0.39, 0.29) is 9.77 Å². The lowest BCUT2D eigenvalue weighted by Gasteiger charge is -2.30. The number of anilines is 1. The Morgan fingerprint density at radius 3 is 2.71 bits per heavy atom. The summed E-state index contributed by atoms with van der Waals surface area (Å²) >= 11 is 1.16. The van der Waals surface area contributed by atoms with E-state index in [0.717, 1.165) is 11.3 Å². The van der Waals surface area contributed by atoms with Crippen molar-refractivity contribution in [3.63, 3.8) is 0 Å². The van der Waals surface area contributed by atoms with Crippen molar-refractivity contribution in [3.8, 4) is 0 Å². The Morgan fingerprint density at radius 2 is 2.05 bits per heavy atom. The number of hydrogen-bond acceptors (Lipinski definition) is 4. The molecule has 110 valence electrons. The summed E-state index contributed by atoms with van der Waals surface area (Å²) in [5.41, 5.74) is 1.25. The number of carboxylic acids is 1. The number of thiophene rings is 1. The molecule has 0 aliphatic carbocycles. The number of sulfonamides is 1. The van der Waals surface area contributed by atoms with Crippen LogP contribution in [0.4, 0.5) is 5.69 Å². The first-order valence-corrected chi connectivity index (χ1v) is 8.75. The highest BCUT2D eigenvalue weighted by atomic mass is 32.2. The molecule has 0 amide bonds. The van der Waals surface area contributed by atoms with Crippen LogP contribution in [0.2, 0.25) is 0 Å². The summed E-state index contributed by atoms with van der Waals surface area (Å²) in [5, 5.41) is 11.0. The summed E-state index contributed by atoms with van der Waals surface area (Å²) in [6.45, 7) is 0.371. The van der Waals surface area contributed by atoms with Crippen LogP contribution in [-0.2, 0) is 16.4 Å². The third-order valence-electron chi connectivity index (χ3n) is 3.48. The maximum Gasteiger partial charge on any atom is 0.336 e. The lowest BCUT2D eigenvalue weighted by Crippen LogP contribution is -2.35. The molecule has 1 N–H and O–H groups in total. The summed E-state index contributed by atoms with van der Waals surface area (Å²) in [6.07, 6.45) is 1.19. The molecule has 0 atom stereocenters. The monoisotopic (exact) mass is 323 g/mol. The minimum absolute atomic E-state index is 0.179. The summed E-state index contributed by atoms with van der Waals surface area (Å²) in [4.78, 5) is 11.3. The molecule has 0 bridgehead atoms. The van der Waals surface area contributed by atoms with Gasteiger partial charge in [0.05, 0.1) is 11.3 Å². The van der Waals surface area contributed by atoms with Gasteiger partial charge in [-0.3, -0.25) is 4.31 Å². The van der Waals surface area contributed by atoms with Crippen molar-refractivity contribution in [2.45, 2.75) is 17.1 Å². The molecule has 1 aliphatic rings. The van der Waals surface area contributed by atoms with Gasteiger partial charge in [-0.15, -0.1) is 11.3 Å². The van der Waals surface area contributed by atoms with Gasteiger partial charge in [0, 0.05) is 6.54 Å². The van der Waals surface area contributed by atoms with Gasteiger partial charge in [0.1, 0.15) is 4.21 Å². The molecular formula is C14H13NO4S2. The molecule has 2 heterocycles. The number of carboxylic acid groups (broad SMARTS) is 1. The molecule has 2 aromatic rings. The van der Waals surface area contributed by atoms with E-state index in [9.17, 15) is 18.3 Å². The van der Waals surface area contributed by atoms with Gasteiger partial charge in [0.25, 0.3) is 10.0 Å². The van der Waals surface area contributed by atoms with E-state index in [1.807, 2.05) is 0 Å². The van der Waals surface area contributed by atoms with Crippen LogP contribution in [0.25, 0.3) is 0 Å². The van der Waals surface area contributed by atoms with Crippen LogP contribution in [0.3, 0.4) is 0 Å². The van der Waals surface area contributed by atoms with Gasteiger partial charge >= 0.3 is 5.97 Å². The van der Waals surface area contributed by atoms with E-state index in [1.165, 1.54) is 10.4 Å². The zero-order chi connectivity index (χ0) is 15.0. The molecule has 1 aromatic carbocycles. The second-order valence-electron chi connectivity index (χ2n) is 4.72. The fourth-order valence-electron chi connectivity index (χ4n) is 2.56. The molecule has 1 aromatic heterocycles. The Kier molecular flexibility index (Phi) is 3.46. The lowest BCUT2D eigenvalue weighted by molar-refractivity contribution is 0.0695. The molecule has 21 heavy (non-hydrogen) atoms. The molecule has 0 unspecified atom stereocenters. The molecular weight excluding hydrogens is 310 g/mol. The van der Waals surface area contributed by atoms with Gasteiger partial charge in [-0.25, -0.2) is 13.2 Å². The van der Waals surface area contributed by atoms with Crippen LogP contribution in [0.15, 0.2) is 39.9 Å². The minimum Gasteiger partial charge on any atom is -0.478 e. The number of rotatable bonds is 3. The lowest BCUT2D eigenvalue weighted by atomic mass is 9.98. The van der Waals surface area contributed by atoms with Crippen molar-refractivity contribution >= 4 is 33.0 Å². The summed E-state index contributed by atoms with van der Waals surface area (Å²) in [5.74, 6) is -1.03. The SMILES string of the molecule is O=C(O)c1cccc2c1CCCN2S(=O)(=O)c1cccs1. The highest BCUT2D eigenvalue weighted by molar-refractivity contribution is 7.94. The summed E-state index contributed by atoms with van der Waals surface area (Å²) in [6, 6.07) is 8.03. The van der Waals surface area contributed by atoms with E-state index in [0.29, 0.717) is 30.6 Å². The molecule has 0 radical (unpaired) electrons. The van der Waals surface area contributed by atoms with E-state index < -0.39 is 16.0 Å². The van der Waals surface area contributed by atoms with Crippen molar-refractivity contribution in [2.24, 2.45) is 0 Å². The molecule has 0 saturated carbocycles. The predicted molar refractivity (Wildman–Crippen MR) is 80.6 cm³/mol. The number of hydrogen-bond donors (Lipinski definition) is 1. The fraction of sp³-hybridized carbons (Fsp3) is 0.214. The van der Waals surface area contributed by atoms with Crippen LogP contribution in [0.5, 0.6) is 0 Å². The maximum atomic E-state index is 12.7. The quantitative estimate of drug-likeness (QED) is 0.942. The average molecular weight is 323 g/mol. The zero-order valence-electron chi connectivity index (χ0n) is 11.0. The van der Waals surface area contributed by atoms with Gasteiger partial charge in [-0.2, -0.15) is 0 Å². The standard InChI is InChI=1S/C14H13NO4S2/c16-14(17)11-4-1-6-12-10(11)5-2-8-15(12)21(18,19)13-7-3-9-20-13/h1,3-4,6-7,9H,2,5,8H2,(H,16,17). The van der Waals surface area contributed by atoms with Gasteiger partial charge in [0.2, 0.25) is 0 Å². The fourth-order valence-corrected chi connectivity index (χ4v) is 5.20. The Bertz CT molecular complexity index is 781. The van der Waals surface area contributed by atoms with Crippen LogP contribution in [-0.4, -0.2) is 26.0 Å². The third-order valence-corrected chi connectivity index (χ3v) is 6.66. The first kappa shape index (κ1) is 14.1.